The molecule has 0 radical (unpaired) electrons. The molecule has 1 atom stereocenters. The second-order valence-electron chi connectivity index (χ2n) is 5.77. The lowest BCUT2D eigenvalue weighted by Gasteiger charge is -2.38. The fourth-order valence-corrected chi connectivity index (χ4v) is 2.73. The third-order valence-corrected chi connectivity index (χ3v) is 3.69. The zero-order chi connectivity index (χ0) is 13.3. The number of nitrogens with zero attached hydrogens (tertiary/aromatic N) is 2. The van der Waals surface area contributed by atoms with Crippen LogP contribution in [0.5, 0.6) is 0 Å². The number of aliphatic imine (C=N–C) groups is 1. The van der Waals surface area contributed by atoms with Gasteiger partial charge in [0.25, 0.3) is 0 Å². The van der Waals surface area contributed by atoms with E-state index in [2.05, 4.69) is 61.9 Å². The minimum Gasteiger partial charge on any atom is -0.370 e. The summed E-state index contributed by atoms with van der Waals surface area (Å²) in [6, 6.07) is 8.52. The average Bonchev–Trinajstić information content (AvgIpc) is 2.58. The van der Waals surface area contributed by atoms with Crippen LogP contribution in [0.25, 0.3) is 0 Å². The maximum atomic E-state index is 6.07. The van der Waals surface area contributed by atoms with Crippen molar-refractivity contribution in [3.05, 3.63) is 35.4 Å². The monoisotopic (exact) mass is 245 g/mol. The fraction of sp³-hybridized carbons (Fsp3) is 0.533. The van der Waals surface area contributed by atoms with Gasteiger partial charge in [-0.2, -0.15) is 0 Å². The zero-order valence-electron chi connectivity index (χ0n) is 11.8. The number of hydrogen-bond donors (Lipinski definition) is 1. The van der Waals surface area contributed by atoms with Crippen molar-refractivity contribution in [2.75, 3.05) is 13.1 Å². The molecule has 1 heterocycles. The third-order valence-electron chi connectivity index (χ3n) is 3.69. The number of rotatable bonds is 3. The van der Waals surface area contributed by atoms with E-state index in [9.17, 15) is 0 Å². The van der Waals surface area contributed by atoms with E-state index in [1.54, 1.807) is 0 Å². The van der Waals surface area contributed by atoms with Crippen molar-refractivity contribution in [2.24, 2.45) is 16.6 Å². The van der Waals surface area contributed by atoms with E-state index in [1.807, 2.05) is 0 Å². The summed E-state index contributed by atoms with van der Waals surface area (Å²) < 4.78 is 0. The molecule has 2 rings (SSSR count). The highest BCUT2D eigenvalue weighted by molar-refractivity contribution is 5.81. The number of hydrogen-bond acceptors (Lipinski definition) is 3. The van der Waals surface area contributed by atoms with Crippen LogP contribution in [0, 0.1) is 12.8 Å². The molecule has 3 nitrogen and oxygen atoms in total. The summed E-state index contributed by atoms with van der Waals surface area (Å²) in [5, 5.41) is 0. The van der Waals surface area contributed by atoms with Crippen LogP contribution in [-0.4, -0.2) is 23.9 Å². The molecular formula is C15H23N3. The summed E-state index contributed by atoms with van der Waals surface area (Å²) in [7, 11) is 0. The van der Waals surface area contributed by atoms with E-state index >= 15 is 0 Å². The van der Waals surface area contributed by atoms with Gasteiger partial charge in [0.05, 0.1) is 12.1 Å². The lowest BCUT2D eigenvalue weighted by atomic mass is 9.87. The Kier molecular flexibility index (Phi) is 3.33. The molecule has 1 aromatic carbocycles. The van der Waals surface area contributed by atoms with Gasteiger partial charge in [-0.15, -0.1) is 0 Å². The van der Waals surface area contributed by atoms with E-state index in [-0.39, 0.29) is 5.54 Å². The minimum atomic E-state index is -0.0975. The highest BCUT2D eigenvalue weighted by Gasteiger charge is 2.40. The summed E-state index contributed by atoms with van der Waals surface area (Å²) in [6.45, 7) is 10.5. The number of guanidine groups is 1. The Morgan fingerprint density at radius 3 is 2.67 bits per heavy atom. The van der Waals surface area contributed by atoms with Crippen LogP contribution in [0.4, 0.5) is 0 Å². The van der Waals surface area contributed by atoms with Crippen molar-refractivity contribution in [1.29, 1.82) is 0 Å². The summed E-state index contributed by atoms with van der Waals surface area (Å²) in [6.07, 6.45) is 0. The maximum Gasteiger partial charge on any atom is 0.192 e. The van der Waals surface area contributed by atoms with Crippen molar-refractivity contribution in [1.82, 2.24) is 4.90 Å². The van der Waals surface area contributed by atoms with Crippen molar-refractivity contribution >= 4 is 5.96 Å². The Morgan fingerprint density at radius 2 is 2.06 bits per heavy atom. The van der Waals surface area contributed by atoms with Gasteiger partial charge in [0.1, 0.15) is 0 Å². The third kappa shape index (κ3) is 2.09. The van der Waals surface area contributed by atoms with E-state index < -0.39 is 0 Å². The number of aryl methyl sites for hydroxylation is 1. The van der Waals surface area contributed by atoms with Gasteiger partial charge in [0.2, 0.25) is 0 Å². The van der Waals surface area contributed by atoms with Gasteiger partial charge in [-0.1, -0.05) is 38.1 Å². The largest absolute Gasteiger partial charge is 0.370 e. The topological polar surface area (TPSA) is 41.6 Å². The Labute approximate surface area is 110 Å². The van der Waals surface area contributed by atoms with Crippen LogP contribution >= 0.6 is 0 Å². The molecule has 98 valence electrons. The highest BCUT2D eigenvalue weighted by Crippen LogP contribution is 2.34. The standard InChI is InChI=1S/C15H23N3/c1-11(2)9-18-14(16)17-10-15(18,4)13-8-6-5-7-12(13)3/h5-8,11H,9-10H2,1-4H3,(H2,16,17). The predicted molar refractivity (Wildman–Crippen MR) is 76.6 cm³/mol. The van der Waals surface area contributed by atoms with E-state index in [0.29, 0.717) is 11.9 Å². The number of nitrogens with two attached hydrogens (primary N) is 1. The molecule has 0 aliphatic carbocycles. The van der Waals surface area contributed by atoms with Crippen molar-refractivity contribution in [3.63, 3.8) is 0 Å². The van der Waals surface area contributed by atoms with Gasteiger partial charge in [-0.05, 0) is 30.9 Å². The first-order chi connectivity index (χ1) is 8.45. The maximum absolute atomic E-state index is 6.07. The van der Waals surface area contributed by atoms with E-state index in [4.69, 9.17) is 5.73 Å². The summed E-state index contributed by atoms with van der Waals surface area (Å²) >= 11 is 0. The molecule has 1 aliphatic rings. The van der Waals surface area contributed by atoms with Gasteiger partial charge >= 0.3 is 0 Å². The molecule has 2 N–H and O–H groups in total. The molecule has 0 saturated carbocycles. The predicted octanol–water partition coefficient (Wildman–Crippen LogP) is 2.50. The zero-order valence-corrected chi connectivity index (χ0v) is 11.8. The van der Waals surface area contributed by atoms with Crippen LogP contribution in [0.1, 0.15) is 31.9 Å². The highest BCUT2D eigenvalue weighted by atomic mass is 15.4. The van der Waals surface area contributed by atoms with Crippen molar-refractivity contribution < 1.29 is 0 Å². The van der Waals surface area contributed by atoms with Gasteiger partial charge in [0.15, 0.2) is 5.96 Å². The van der Waals surface area contributed by atoms with Crippen LogP contribution in [0.15, 0.2) is 29.3 Å². The Bertz CT molecular complexity index is 465. The molecule has 3 heteroatoms. The number of benzene rings is 1. The van der Waals surface area contributed by atoms with Gasteiger partial charge < -0.3 is 10.6 Å². The summed E-state index contributed by atoms with van der Waals surface area (Å²) in [5.74, 6) is 1.25. The fourth-order valence-electron chi connectivity index (χ4n) is 2.73. The smallest absolute Gasteiger partial charge is 0.192 e. The molecule has 0 saturated heterocycles. The molecule has 0 fully saturated rings. The first-order valence-corrected chi connectivity index (χ1v) is 6.59. The van der Waals surface area contributed by atoms with Gasteiger partial charge in [-0.25, -0.2) is 0 Å². The molecule has 0 bridgehead atoms. The first-order valence-electron chi connectivity index (χ1n) is 6.59. The molecular weight excluding hydrogens is 222 g/mol. The molecule has 1 aliphatic heterocycles. The van der Waals surface area contributed by atoms with Crippen LogP contribution in [-0.2, 0) is 5.54 Å². The van der Waals surface area contributed by atoms with Crippen LogP contribution in [0.3, 0.4) is 0 Å². The van der Waals surface area contributed by atoms with Gasteiger partial charge in [-0.3, -0.25) is 4.99 Å². The Morgan fingerprint density at radius 1 is 1.39 bits per heavy atom. The molecule has 1 unspecified atom stereocenters. The van der Waals surface area contributed by atoms with Crippen LogP contribution < -0.4 is 5.73 Å². The molecule has 18 heavy (non-hydrogen) atoms. The SMILES string of the molecule is Cc1ccccc1C1(C)CN=C(N)N1CC(C)C. The lowest BCUT2D eigenvalue weighted by molar-refractivity contribution is 0.203. The normalized spacial score (nSPS) is 23.6. The summed E-state index contributed by atoms with van der Waals surface area (Å²) in [5.41, 5.74) is 8.60. The molecule has 0 aromatic heterocycles. The van der Waals surface area contributed by atoms with Gasteiger partial charge in [0, 0.05) is 6.54 Å². The second kappa shape index (κ2) is 4.63. The Hall–Kier alpha value is -1.51. The lowest BCUT2D eigenvalue weighted by Crippen LogP contribution is -2.49. The summed E-state index contributed by atoms with van der Waals surface area (Å²) in [4.78, 5) is 6.71. The van der Waals surface area contributed by atoms with Crippen molar-refractivity contribution in [3.8, 4) is 0 Å². The first kappa shape index (κ1) is 12.9. The average molecular weight is 245 g/mol. The molecule has 0 amide bonds. The minimum absolute atomic E-state index is 0.0975. The molecule has 0 spiro atoms. The van der Waals surface area contributed by atoms with Crippen LogP contribution in [0.2, 0.25) is 0 Å². The van der Waals surface area contributed by atoms with E-state index in [1.165, 1.54) is 11.1 Å². The molecule has 1 aromatic rings. The second-order valence-corrected chi connectivity index (χ2v) is 5.77. The van der Waals surface area contributed by atoms with Crippen molar-refractivity contribution in [2.45, 2.75) is 33.2 Å². The quantitative estimate of drug-likeness (QED) is 0.889. The van der Waals surface area contributed by atoms with E-state index in [0.717, 1.165) is 13.1 Å². The Balaban J connectivity index is 2.39.